The summed E-state index contributed by atoms with van der Waals surface area (Å²) in [4.78, 5) is 2.41. The molecule has 0 atom stereocenters. The van der Waals surface area contributed by atoms with E-state index >= 15 is 0 Å². The van der Waals surface area contributed by atoms with Crippen LogP contribution in [0.25, 0.3) is 66.1 Å². The summed E-state index contributed by atoms with van der Waals surface area (Å²) >= 11 is 0. The fraction of sp³-hybridized carbons (Fsp3) is 0.0612. The Bertz CT molecular complexity index is 2770. The Balaban J connectivity index is 1.23. The van der Waals surface area contributed by atoms with E-state index in [1.807, 2.05) is 0 Å². The van der Waals surface area contributed by atoms with Crippen molar-refractivity contribution in [3.8, 4) is 33.4 Å². The third-order valence-corrected chi connectivity index (χ3v) is 10.9. The quantitative estimate of drug-likeness (QED) is 0.184. The van der Waals surface area contributed by atoms with Gasteiger partial charge >= 0.3 is 0 Å². The van der Waals surface area contributed by atoms with Gasteiger partial charge in [-0.05, 0) is 80.0 Å². The molecule has 0 unspecified atom stereocenters. The first kappa shape index (κ1) is 29.5. The molecule has 1 aromatic heterocycles. The molecule has 0 fully saturated rings. The number of hydrogen-bond acceptors (Lipinski definition) is 2. The summed E-state index contributed by atoms with van der Waals surface area (Å²) in [5.41, 5.74) is 14.9. The molecule has 0 saturated heterocycles. The Morgan fingerprint density at radius 1 is 0.451 bits per heavy atom. The Morgan fingerprint density at radius 3 is 1.94 bits per heavy atom. The van der Waals surface area contributed by atoms with Gasteiger partial charge in [0.1, 0.15) is 5.58 Å². The van der Waals surface area contributed by atoms with E-state index in [1.54, 1.807) is 0 Å². The lowest BCUT2D eigenvalue weighted by Crippen LogP contribution is -2.16. The van der Waals surface area contributed by atoms with Gasteiger partial charge in [0, 0.05) is 27.4 Å². The highest BCUT2D eigenvalue weighted by molar-refractivity contribution is 6.16. The highest BCUT2D eigenvalue weighted by atomic mass is 16.3. The molecule has 0 spiro atoms. The number of fused-ring (bicyclic) bond motifs is 7. The van der Waals surface area contributed by atoms with Gasteiger partial charge in [0.25, 0.3) is 0 Å². The number of benzene rings is 8. The summed E-state index contributed by atoms with van der Waals surface area (Å²) in [6, 6.07) is 63.5. The van der Waals surface area contributed by atoms with E-state index < -0.39 is 0 Å². The molecule has 0 radical (unpaired) electrons. The monoisotopic (exact) mass is 653 g/mol. The van der Waals surface area contributed by atoms with Crippen LogP contribution >= 0.6 is 0 Å². The van der Waals surface area contributed by atoms with Crippen LogP contribution in [0.3, 0.4) is 0 Å². The molecule has 0 aliphatic heterocycles. The van der Waals surface area contributed by atoms with Gasteiger partial charge in [0.05, 0.1) is 11.4 Å². The minimum atomic E-state index is -0.123. The maximum atomic E-state index is 6.90. The van der Waals surface area contributed by atoms with Crippen molar-refractivity contribution in [2.45, 2.75) is 19.3 Å². The van der Waals surface area contributed by atoms with Crippen molar-refractivity contribution in [1.29, 1.82) is 0 Å². The molecule has 0 saturated carbocycles. The average molecular weight is 654 g/mol. The highest BCUT2D eigenvalue weighted by Crippen LogP contribution is 2.55. The predicted molar refractivity (Wildman–Crippen MR) is 214 cm³/mol. The number of anilines is 3. The third-order valence-electron chi connectivity index (χ3n) is 10.9. The van der Waals surface area contributed by atoms with Crippen molar-refractivity contribution in [3.05, 3.63) is 187 Å². The number of para-hydroxylation sites is 1. The maximum absolute atomic E-state index is 6.90. The van der Waals surface area contributed by atoms with Crippen LogP contribution in [0, 0.1) is 0 Å². The summed E-state index contributed by atoms with van der Waals surface area (Å²) in [5.74, 6) is 0. The van der Waals surface area contributed by atoms with Crippen LogP contribution < -0.4 is 4.90 Å². The molecule has 0 bridgehead atoms. The Hall–Kier alpha value is -6.38. The van der Waals surface area contributed by atoms with Gasteiger partial charge < -0.3 is 9.32 Å². The molecule has 2 nitrogen and oxygen atoms in total. The van der Waals surface area contributed by atoms with Crippen LogP contribution in [0.2, 0.25) is 0 Å². The zero-order valence-electron chi connectivity index (χ0n) is 28.6. The maximum Gasteiger partial charge on any atom is 0.159 e. The normalized spacial score (nSPS) is 13.1. The molecule has 0 N–H and O–H groups in total. The van der Waals surface area contributed by atoms with E-state index in [-0.39, 0.29) is 5.41 Å². The minimum absolute atomic E-state index is 0.123. The summed E-state index contributed by atoms with van der Waals surface area (Å²) in [6.07, 6.45) is 0. The van der Waals surface area contributed by atoms with Crippen LogP contribution in [-0.2, 0) is 5.41 Å². The van der Waals surface area contributed by atoms with Gasteiger partial charge in [0.15, 0.2) is 5.58 Å². The fourth-order valence-electron chi connectivity index (χ4n) is 8.46. The van der Waals surface area contributed by atoms with Crippen molar-refractivity contribution >= 4 is 49.8 Å². The van der Waals surface area contributed by atoms with Crippen molar-refractivity contribution < 1.29 is 4.42 Å². The van der Waals surface area contributed by atoms with E-state index in [0.29, 0.717) is 0 Å². The smallest absolute Gasteiger partial charge is 0.159 e. The Morgan fingerprint density at radius 2 is 1.06 bits per heavy atom. The van der Waals surface area contributed by atoms with Gasteiger partial charge in [-0.15, -0.1) is 0 Å². The predicted octanol–water partition coefficient (Wildman–Crippen LogP) is 13.8. The zero-order valence-corrected chi connectivity index (χ0v) is 28.6. The SMILES string of the molecule is CC1(C)c2ccccc2-c2c(N(c3ccc(-c4cccc5ccccc45)cc3)c3cccc4c3oc3cccc(-c5ccccc5)c34)cccc21. The second kappa shape index (κ2) is 11.3. The van der Waals surface area contributed by atoms with Crippen molar-refractivity contribution in [3.63, 3.8) is 0 Å². The third kappa shape index (κ3) is 4.50. The van der Waals surface area contributed by atoms with Gasteiger partial charge in [-0.3, -0.25) is 0 Å². The molecule has 51 heavy (non-hydrogen) atoms. The summed E-state index contributed by atoms with van der Waals surface area (Å²) in [5, 5.41) is 4.74. The van der Waals surface area contributed by atoms with Gasteiger partial charge in [-0.25, -0.2) is 0 Å². The molecule has 1 heterocycles. The fourth-order valence-corrected chi connectivity index (χ4v) is 8.46. The Kier molecular flexibility index (Phi) is 6.56. The van der Waals surface area contributed by atoms with E-state index in [2.05, 4.69) is 195 Å². The first-order valence-electron chi connectivity index (χ1n) is 17.7. The molecule has 2 heteroatoms. The molecule has 0 amide bonds. The molecular weight excluding hydrogens is 619 g/mol. The van der Waals surface area contributed by atoms with Crippen LogP contribution in [0.1, 0.15) is 25.0 Å². The standard InChI is InChI=1S/C49H35NO/c1-49(2)41-23-9-8-19-39(41)47-42(49)24-13-25-43(47)50(35-30-28-34(29-31-35)37-20-10-17-32-16-6-7-18-36(32)37)44-26-11-22-40-46-38(33-14-4-3-5-15-33)21-12-27-45(46)51-48(40)44/h3-31H,1-2H3. The second-order valence-corrected chi connectivity index (χ2v) is 14.1. The van der Waals surface area contributed by atoms with E-state index in [0.717, 1.165) is 39.0 Å². The van der Waals surface area contributed by atoms with E-state index in [4.69, 9.17) is 4.42 Å². The van der Waals surface area contributed by atoms with E-state index in [9.17, 15) is 0 Å². The summed E-state index contributed by atoms with van der Waals surface area (Å²) in [7, 11) is 0. The molecular formula is C49H35NO. The molecule has 10 rings (SSSR count). The van der Waals surface area contributed by atoms with Crippen molar-refractivity contribution in [2.24, 2.45) is 0 Å². The Labute approximate surface area is 297 Å². The summed E-state index contributed by atoms with van der Waals surface area (Å²) < 4.78 is 6.90. The van der Waals surface area contributed by atoms with Crippen LogP contribution in [0.5, 0.6) is 0 Å². The van der Waals surface area contributed by atoms with Crippen molar-refractivity contribution in [1.82, 2.24) is 0 Å². The molecule has 8 aromatic carbocycles. The number of rotatable bonds is 5. The lowest BCUT2D eigenvalue weighted by Gasteiger charge is -2.29. The average Bonchev–Trinajstić information content (AvgIpc) is 3.69. The minimum Gasteiger partial charge on any atom is -0.454 e. The second-order valence-electron chi connectivity index (χ2n) is 14.1. The van der Waals surface area contributed by atoms with Crippen LogP contribution in [0.15, 0.2) is 180 Å². The first-order chi connectivity index (χ1) is 25.1. The zero-order chi connectivity index (χ0) is 34.1. The van der Waals surface area contributed by atoms with E-state index in [1.165, 1.54) is 55.3 Å². The topological polar surface area (TPSA) is 16.4 Å². The van der Waals surface area contributed by atoms with Gasteiger partial charge in [-0.2, -0.15) is 0 Å². The molecule has 9 aromatic rings. The van der Waals surface area contributed by atoms with Crippen LogP contribution in [-0.4, -0.2) is 0 Å². The molecule has 1 aliphatic carbocycles. The largest absolute Gasteiger partial charge is 0.454 e. The highest BCUT2D eigenvalue weighted by Gasteiger charge is 2.38. The first-order valence-corrected chi connectivity index (χ1v) is 17.7. The summed E-state index contributed by atoms with van der Waals surface area (Å²) in [6.45, 7) is 4.69. The number of nitrogens with zero attached hydrogens (tertiary/aromatic N) is 1. The number of hydrogen-bond donors (Lipinski definition) is 0. The van der Waals surface area contributed by atoms with Gasteiger partial charge in [0.2, 0.25) is 0 Å². The lowest BCUT2D eigenvalue weighted by atomic mass is 9.82. The molecule has 242 valence electrons. The van der Waals surface area contributed by atoms with Gasteiger partial charge in [-0.1, -0.05) is 159 Å². The van der Waals surface area contributed by atoms with Crippen molar-refractivity contribution in [2.75, 3.05) is 4.90 Å². The lowest BCUT2D eigenvalue weighted by molar-refractivity contribution is 0.660. The van der Waals surface area contributed by atoms with Crippen LogP contribution in [0.4, 0.5) is 17.1 Å². The molecule has 1 aliphatic rings. The number of furan rings is 1.